The SMILES string of the molecule is C[C@@H](Oc1ccc(C(=O)c2ccc(F)cc2)cc1)c1nnc(-c2ccccc2)o1. The molecular weight excluding hydrogens is 371 g/mol. The topological polar surface area (TPSA) is 65.2 Å². The van der Waals surface area contributed by atoms with E-state index in [0.717, 1.165) is 5.56 Å². The van der Waals surface area contributed by atoms with Gasteiger partial charge in [-0.25, -0.2) is 4.39 Å². The van der Waals surface area contributed by atoms with Gasteiger partial charge in [-0.05, 0) is 67.6 Å². The normalized spacial score (nSPS) is 11.8. The molecule has 0 saturated carbocycles. The zero-order valence-electron chi connectivity index (χ0n) is 15.6. The molecule has 3 aromatic carbocycles. The summed E-state index contributed by atoms with van der Waals surface area (Å²) in [7, 11) is 0. The Morgan fingerprint density at radius 1 is 0.897 bits per heavy atom. The largest absolute Gasteiger partial charge is 0.481 e. The van der Waals surface area contributed by atoms with Gasteiger partial charge >= 0.3 is 0 Å². The van der Waals surface area contributed by atoms with E-state index in [1.54, 1.807) is 31.2 Å². The number of halogens is 1. The Morgan fingerprint density at radius 3 is 2.17 bits per heavy atom. The number of rotatable bonds is 6. The molecule has 0 radical (unpaired) electrons. The van der Waals surface area contributed by atoms with Crippen LogP contribution in [0, 0.1) is 5.82 Å². The maximum Gasteiger partial charge on any atom is 0.257 e. The average Bonchev–Trinajstić information content (AvgIpc) is 3.26. The van der Waals surface area contributed by atoms with Crippen molar-refractivity contribution in [3.05, 3.63) is 102 Å². The molecule has 1 aromatic heterocycles. The predicted molar refractivity (Wildman–Crippen MR) is 105 cm³/mol. The van der Waals surface area contributed by atoms with E-state index >= 15 is 0 Å². The molecule has 0 N–H and O–H groups in total. The van der Waals surface area contributed by atoms with Crippen LogP contribution in [-0.2, 0) is 0 Å². The van der Waals surface area contributed by atoms with Crippen LogP contribution in [0.2, 0.25) is 0 Å². The summed E-state index contributed by atoms with van der Waals surface area (Å²) in [5, 5.41) is 8.11. The Kier molecular flexibility index (Phi) is 5.16. The Bertz CT molecular complexity index is 1110. The van der Waals surface area contributed by atoms with E-state index < -0.39 is 6.10 Å². The summed E-state index contributed by atoms with van der Waals surface area (Å²) in [5.41, 5.74) is 1.75. The lowest BCUT2D eigenvalue weighted by molar-refractivity contribution is 0.103. The molecule has 144 valence electrons. The predicted octanol–water partition coefficient (Wildman–Crippen LogP) is 5.25. The summed E-state index contributed by atoms with van der Waals surface area (Å²) in [6.07, 6.45) is -0.460. The zero-order chi connectivity index (χ0) is 20.2. The number of ketones is 1. The van der Waals surface area contributed by atoms with Crippen molar-refractivity contribution in [3.63, 3.8) is 0 Å². The van der Waals surface area contributed by atoms with E-state index in [0.29, 0.717) is 28.7 Å². The summed E-state index contributed by atoms with van der Waals surface area (Å²) in [6, 6.07) is 21.7. The third kappa shape index (κ3) is 4.21. The second-order valence-electron chi connectivity index (χ2n) is 6.43. The van der Waals surface area contributed by atoms with Gasteiger partial charge in [0.15, 0.2) is 11.9 Å². The molecule has 5 nitrogen and oxygen atoms in total. The zero-order valence-corrected chi connectivity index (χ0v) is 15.6. The van der Waals surface area contributed by atoms with Gasteiger partial charge in [0.05, 0.1) is 0 Å². The van der Waals surface area contributed by atoms with Gasteiger partial charge in [0.1, 0.15) is 11.6 Å². The van der Waals surface area contributed by atoms with Gasteiger partial charge in [-0.15, -0.1) is 10.2 Å². The second kappa shape index (κ2) is 8.06. The number of ether oxygens (including phenoxy) is 1. The Labute approximate surface area is 166 Å². The van der Waals surface area contributed by atoms with Crippen LogP contribution in [0.1, 0.15) is 34.8 Å². The van der Waals surface area contributed by atoms with Crippen molar-refractivity contribution in [1.29, 1.82) is 0 Å². The minimum absolute atomic E-state index is 0.186. The smallest absolute Gasteiger partial charge is 0.257 e. The molecule has 0 bridgehead atoms. The number of hydrogen-bond acceptors (Lipinski definition) is 5. The number of aromatic nitrogens is 2. The van der Waals surface area contributed by atoms with Gasteiger partial charge in [-0.1, -0.05) is 18.2 Å². The molecule has 0 fully saturated rings. The Hall–Kier alpha value is -3.80. The molecule has 0 aliphatic heterocycles. The molecule has 1 atom stereocenters. The Morgan fingerprint density at radius 2 is 1.52 bits per heavy atom. The van der Waals surface area contributed by atoms with Crippen molar-refractivity contribution in [2.45, 2.75) is 13.0 Å². The van der Waals surface area contributed by atoms with Gasteiger partial charge < -0.3 is 9.15 Å². The van der Waals surface area contributed by atoms with Crippen molar-refractivity contribution in [2.24, 2.45) is 0 Å². The lowest BCUT2D eigenvalue weighted by Gasteiger charge is -2.11. The van der Waals surface area contributed by atoms with Gasteiger partial charge in [0, 0.05) is 16.7 Å². The minimum atomic E-state index is -0.460. The number of carbonyl (C=O) groups excluding carboxylic acids is 1. The highest BCUT2D eigenvalue weighted by Gasteiger charge is 2.17. The van der Waals surface area contributed by atoms with E-state index in [2.05, 4.69) is 10.2 Å². The fraction of sp³-hybridized carbons (Fsp3) is 0.0870. The molecule has 0 spiro atoms. The quantitative estimate of drug-likeness (QED) is 0.422. The van der Waals surface area contributed by atoms with Crippen LogP contribution in [0.25, 0.3) is 11.5 Å². The van der Waals surface area contributed by atoms with Crippen LogP contribution in [0.15, 0.2) is 83.3 Å². The maximum atomic E-state index is 13.0. The molecule has 4 rings (SSSR count). The van der Waals surface area contributed by atoms with Crippen LogP contribution in [-0.4, -0.2) is 16.0 Å². The van der Waals surface area contributed by atoms with E-state index in [1.165, 1.54) is 24.3 Å². The second-order valence-corrected chi connectivity index (χ2v) is 6.43. The molecule has 1 heterocycles. The van der Waals surface area contributed by atoms with E-state index in [1.807, 2.05) is 30.3 Å². The first kappa shape index (κ1) is 18.6. The standard InChI is InChI=1S/C23H17FN2O3/c1-15(22-25-26-23(29-22)18-5-3-2-4-6-18)28-20-13-9-17(10-14-20)21(27)16-7-11-19(24)12-8-16/h2-15H,1H3/t15-/m1/s1. The minimum Gasteiger partial charge on any atom is -0.481 e. The molecule has 0 amide bonds. The van der Waals surface area contributed by atoms with Crippen molar-refractivity contribution in [3.8, 4) is 17.2 Å². The lowest BCUT2D eigenvalue weighted by atomic mass is 10.0. The summed E-state index contributed by atoms with van der Waals surface area (Å²) in [6.45, 7) is 1.81. The fourth-order valence-corrected chi connectivity index (χ4v) is 2.80. The van der Waals surface area contributed by atoms with Crippen LogP contribution < -0.4 is 4.74 Å². The van der Waals surface area contributed by atoms with E-state index in [9.17, 15) is 9.18 Å². The van der Waals surface area contributed by atoms with Crippen LogP contribution in [0.5, 0.6) is 5.75 Å². The van der Waals surface area contributed by atoms with Gasteiger partial charge in [-0.2, -0.15) is 0 Å². The molecule has 0 unspecified atom stereocenters. The van der Waals surface area contributed by atoms with Crippen molar-refractivity contribution >= 4 is 5.78 Å². The highest BCUT2D eigenvalue weighted by atomic mass is 19.1. The van der Waals surface area contributed by atoms with Gasteiger partial charge in [-0.3, -0.25) is 4.79 Å². The first-order valence-electron chi connectivity index (χ1n) is 9.06. The summed E-state index contributed by atoms with van der Waals surface area (Å²) < 4.78 is 24.6. The molecule has 0 aliphatic rings. The first-order chi connectivity index (χ1) is 14.1. The lowest BCUT2D eigenvalue weighted by Crippen LogP contribution is -2.05. The molecule has 0 aliphatic carbocycles. The number of benzene rings is 3. The van der Waals surface area contributed by atoms with Crippen LogP contribution in [0.3, 0.4) is 0 Å². The monoisotopic (exact) mass is 388 g/mol. The van der Waals surface area contributed by atoms with Crippen molar-refractivity contribution in [2.75, 3.05) is 0 Å². The summed E-state index contributed by atoms with van der Waals surface area (Å²) in [4.78, 5) is 12.5. The number of carbonyl (C=O) groups is 1. The maximum absolute atomic E-state index is 13.0. The third-order valence-corrected chi connectivity index (χ3v) is 4.34. The van der Waals surface area contributed by atoms with Crippen LogP contribution in [0.4, 0.5) is 4.39 Å². The first-order valence-corrected chi connectivity index (χ1v) is 9.06. The summed E-state index contributed by atoms with van der Waals surface area (Å²) >= 11 is 0. The fourth-order valence-electron chi connectivity index (χ4n) is 2.80. The third-order valence-electron chi connectivity index (χ3n) is 4.34. The van der Waals surface area contributed by atoms with Crippen LogP contribution >= 0.6 is 0 Å². The van der Waals surface area contributed by atoms with E-state index in [4.69, 9.17) is 9.15 Å². The molecule has 6 heteroatoms. The van der Waals surface area contributed by atoms with Gasteiger partial charge in [0.2, 0.25) is 5.89 Å². The molecule has 29 heavy (non-hydrogen) atoms. The highest BCUT2D eigenvalue weighted by Crippen LogP contribution is 2.25. The number of nitrogens with zero attached hydrogens (tertiary/aromatic N) is 2. The highest BCUT2D eigenvalue weighted by molar-refractivity contribution is 6.08. The summed E-state index contributed by atoms with van der Waals surface area (Å²) in [5.74, 6) is 0.781. The number of hydrogen-bond donors (Lipinski definition) is 0. The van der Waals surface area contributed by atoms with Crippen molar-refractivity contribution < 1.29 is 18.3 Å². The molecular formula is C23H17FN2O3. The molecule has 0 saturated heterocycles. The van der Waals surface area contributed by atoms with Crippen molar-refractivity contribution in [1.82, 2.24) is 10.2 Å². The van der Waals surface area contributed by atoms with Gasteiger partial charge in [0.25, 0.3) is 5.89 Å². The Balaban J connectivity index is 1.44. The molecule has 4 aromatic rings. The van der Waals surface area contributed by atoms with E-state index in [-0.39, 0.29) is 11.6 Å². The average molecular weight is 388 g/mol.